The monoisotopic (exact) mass is 268 g/mol. The first kappa shape index (κ1) is 14.8. The molecule has 1 rings (SSSR count). The molecule has 0 aliphatic carbocycles. The second kappa shape index (κ2) is 7.27. The molecule has 2 N–H and O–H groups in total. The Morgan fingerprint density at radius 2 is 2.37 bits per heavy atom. The third-order valence-electron chi connectivity index (χ3n) is 2.33. The molecule has 1 aromatic heterocycles. The summed E-state index contributed by atoms with van der Waals surface area (Å²) in [6.07, 6.45) is 1.33. The number of ether oxygens (including phenoxy) is 1. The van der Waals surface area contributed by atoms with Crippen molar-refractivity contribution >= 4 is 17.4 Å². The number of amides is 1. The second-order valence-electron chi connectivity index (χ2n) is 3.78. The van der Waals surface area contributed by atoms with E-state index in [1.807, 2.05) is 0 Å². The largest absolute Gasteiger partial charge is 0.386 e. The van der Waals surface area contributed by atoms with Crippen LogP contribution in [-0.4, -0.2) is 42.1 Å². The molecule has 1 unspecified atom stereocenters. The molecule has 0 aliphatic heterocycles. The van der Waals surface area contributed by atoms with Crippen LogP contribution in [0.2, 0.25) is 0 Å². The normalized spacial score (nSPS) is 11.7. The number of methoxy groups -OCH3 is 1. The Balaban J connectivity index is 2.63. The Labute approximate surface area is 110 Å². The summed E-state index contributed by atoms with van der Waals surface area (Å²) in [6, 6.07) is 2.45. The number of pyridine rings is 1. The predicted octanol–water partition coefficient (Wildman–Crippen LogP) is 0.553. The van der Waals surface area contributed by atoms with E-state index in [9.17, 15) is 14.9 Å². The van der Waals surface area contributed by atoms with Gasteiger partial charge in [-0.15, -0.1) is 0 Å². The maximum absolute atomic E-state index is 11.7. The lowest BCUT2D eigenvalue weighted by molar-refractivity contribution is -0.388. The third-order valence-corrected chi connectivity index (χ3v) is 2.33. The second-order valence-corrected chi connectivity index (χ2v) is 3.78. The number of carbonyl (C=O) groups excluding carboxylic acids is 1. The summed E-state index contributed by atoms with van der Waals surface area (Å²) in [6.45, 7) is 2.40. The van der Waals surface area contributed by atoms with Crippen LogP contribution in [0.3, 0.4) is 0 Å². The van der Waals surface area contributed by atoms with Crippen molar-refractivity contribution in [2.24, 2.45) is 0 Å². The van der Waals surface area contributed by atoms with Crippen molar-refractivity contribution in [1.82, 2.24) is 10.3 Å². The van der Waals surface area contributed by atoms with Gasteiger partial charge in [0.25, 0.3) is 0 Å². The van der Waals surface area contributed by atoms with Crippen LogP contribution in [-0.2, 0) is 9.53 Å². The molecule has 0 saturated carbocycles. The van der Waals surface area contributed by atoms with E-state index in [4.69, 9.17) is 4.74 Å². The van der Waals surface area contributed by atoms with E-state index in [1.54, 1.807) is 13.0 Å². The van der Waals surface area contributed by atoms with Crippen molar-refractivity contribution in [3.63, 3.8) is 0 Å². The summed E-state index contributed by atoms with van der Waals surface area (Å²) < 4.78 is 4.81. The van der Waals surface area contributed by atoms with Crippen LogP contribution in [0.5, 0.6) is 0 Å². The minimum atomic E-state index is -0.611. The lowest BCUT2D eigenvalue weighted by atomic mass is 10.2. The van der Waals surface area contributed by atoms with E-state index in [0.29, 0.717) is 13.2 Å². The summed E-state index contributed by atoms with van der Waals surface area (Å²) >= 11 is 0. The molecule has 19 heavy (non-hydrogen) atoms. The van der Waals surface area contributed by atoms with Crippen molar-refractivity contribution in [3.05, 3.63) is 28.4 Å². The number of rotatable bonds is 7. The highest BCUT2D eigenvalue weighted by atomic mass is 16.6. The van der Waals surface area contributed by atoms with Gasteiger partial charge in [-0.3, -0.25) is 4.79 Å². The number of aromatic nitrogens is 1. The fraction of sp³-hybridized carbons (Fsp3) is 0.455. The van der Waals surface area contributed by atoms with E-state index >= 15 is 0 Å². The summed E-state index contributed by atoms with van der Waals surface area (Å²) in [5, 5.41) is 16.2. The van der Waals surface area contributed by atoms with Crippen LogP contribution < -0.4 is 10.6 Å². The summed E-state index contributed by atoms with van der Waals surface area (Å²) in [5.41, 5.74) is 0.210. The number of carbonyl (C=O) groups is 1. The van der Waals surface area contributed by atoms with Crippen molar-refractivity contribution in [2.45, 2.75) is 13.0 Å². The van der Waals surface area contributed by atoms with E-state index in [1.165, 1.54) is 19.4 Å². The van der Waals surface area contributed by atoms with Crippen LogP contribution in [0, 0.1) is 10.1 Å². The van der Waals surface area contributed by atoms with Gasteiger partial charge in [-0.2, -0.15) is 0 Å². The van der Waals surface area contributed by atoms with Crippen molar-refractivity contribution in [2.75, 3.05) is 25.6 Å². The van der Waals surface area contributed by atoms with Crippen molar-refractivity contribution < 1.29 is 14.5 Å². The zero-order valence-corrected chi connectivity index (χ0v) is 10.8. The lowest BCUT2D eigenvalue weighted by Gasteiger charge is -2.14. The highest BCUT2D eigenvalue weighted by Crippen LogP contribution is 2.20. The van der Waals surface area contributed by atoms with Crippen molar-refractivity contribution in [3.8, 4) is 0 Å². The highest BCUT2D eigenvalue weighted by Gasteiger charge is 2.19. The molecule has 1 atom stereocenters. The maximum atomic E-state index is 11.7. The average molecular weight is 268 g/mol. The molecule has 0 saturated heterocycles. The van der Waals surface area contributed by atoms with Gasteiger partial charge in [-0.1, -0.05) is 0 Å². The molecule has 104 valence electrons. The third kappa shape index (κ3) is 4.51. The molecule has 1 amide bonds. The minimum absolute atomic E-state index is 0.210. The van der Waals surface area contributed by atoms with Gasteiger partial charge in [0.2, 0.25) is 5.91 Å². The van der Waals surface area contributed by atoms with E-state index < -0.39 is 11.0 Å². The van der Waals surface area contributed by atoms with Gasteiger partial charge in [-0.25, -0.2) is 0 Å². The minimum Gasteiger partial charge on any atom is -0.383 e. The standard InChI is InChI=1S/C11H16N4O4/c1-8(11(16)13-6-7-19-2)14-9-4-3-5-12-10(9)15(17)18/h3-5,8,14H,6-7H2,1-2H3,(H,13,16). The van der Waals surface area contributed by atoms with Crippen LogP contribution in [0.4, 0.5) is 11.5 Å². The molecule has 0 fully saturated rings. The van der Waals surface area contributed by atoms with Gasteiger partial charge in [0.1, 0.15) is 17.9 Å². The average Bonchev–Trinajstić information content (AvgIpc) is 2.39. The Kier molecular flexibility index (Phi) is 5.68. The summed E-state index contributed by atoms with van der Waals surface area (Å²) in [4.78, 5) is 25.5. The fourth-order valence-electron chi connectivity index (χ4n) is 1.38. The first-order chi connectivity index (χ1) is 9.06. The van der Waals surface area contributed by atoms with Gasteiger partial charge in [0, 0.05) is 13.7 Å². The zero-order chi connectivity index (χ0) is 14.3. The molecular formula is C11H16N4O4. The van der Waals surface area contributed by atoms with Crippen molar-refractivity contribution in [1.29, 1.82) is 0 Å². The molecule has 8 heteroatoms. The van der Waals surface area contributed by atoms with Gasteiger partial charge in [0.05, 0.1) is 6.61 Å². The van der Waals surface area contributed by atoms with E-state index in [-0.39, 0.29) is 17.4 Å². The highest BCUT2D eigenvalue weighted by molar-refractivity contribution is 5.84. The molecule has 0 aliphatic rings. The smallest absolute Gasteiger partial charge is 0.383 e. The molecule has 0 aromatic carbocycles. The predicted molar refractivity (Wildman–Crippen MR) is 68.9 cm³/mol. The quantitative estimate of drug-likeness (QED) is 0.425. The van der Waals surface area contributed by atoms with Gasteiger partial charge in [0.15, 0.2) is 0 Å². The zero-order valence-electron chi connectivity index (χ0n) is 10.8. The molecule has 1 aromatic rings. The molecule has 1 heterocycles. The topological polar surface area (TPSA) is 106 Å². The first-order valence-corrected chi connectivity index (χ1v) is 5.69. The number of anilines is 1. The van der Waals surface area contributed by atoms with Crippen LogP contribution in [0.15, 0.2) is 18.3 Å². The molecule has 8 nitrogen and oxygen atoms in total. The first-order valence-electron chi connectivity index (χ1n) is 5.69. The summed E-state index contributed by atoms with van der Waals surface area (Å²) in [5.74, 6) is -0.575. The van der Waals surface area contributed by atoms with Crippen LogP contribution >= 0.6 is 0 Å². The van der Waals surface area contributed by atoms with Gasteiger partial charge < -0.3 is 25.5 Å². The van der Waals surface area contributed by atoms with E-state index in [2.05, 4.69) is 15.6 Å². The Morgan fingerprint density at radius 1 is 1.63 bits per heavy atom. The fourth-order valence-corrected chi connectivity index (χ4v) is 1.38. The Bertz CT molecular complexity index is 452. The van der Waals surface area contributed by atoms with Crippen LogP contribution in [0.1, 0.15) is 6.92 Å². The number of nitrogens with zero attached hydrogens (tertiary/aromatic N) is 2. The number of nitro groups is 1. The summed E-state index contributed by atoms with van der Waals surface area (Å²) in [7, 11) is 1.53. The van der Waals surface area contributed by atoms with E-state index in [0.717, 1.165) is 0 Å². The maximum Gasteiger partial charge on any atom is 0.386 e. The number of hydrogen-bond donors (Lipinski definition) is 2. The Hall–Kier alpha value is -2.22. The van der Waals surface area contributed by atoms with Crippen LogP contribution in [0.25, 0.3) is 0 Å². The number of nitrogens with one attached hydrogen (secondary N) is 2. The SMILES string of the molecule is COCCNC(=O)C(C)Nc1cccnc1[N+](=O)[O-]. The lowest BCUT2D eigenvalue weighted by Crippen LogP contribution is -2.39. The Morgan fingerprint density at radius 3 is 3.00 bits per heavy atom. The number of hydrogen-bond acceptors (Lipinski definition) is 6. The molecule has 0 bridgehead atoms. The van der Waals surface area contributed by atoms with Gasteiger partial charge in [-0.05, 0) is 29.0 Å². The molecular weight excluding hydrogens is 252 g/mol. The molecule has 0 radical (unpaired) electrons. The van der Waals surface area contributed by atoms with Gasteiger partial charge >= 0.3 is 5.82 Å². The molecule has 0 spiro atoms.